The number of piperazine rings is 1. The van der Waals surface area contributed by atoms with E-state index >= 15 is 0 Å². The molecule has 0 saturated carbocycles. The summed E-state index contributed by atoms with van der Waals surface area (Å²) >= 11 is 0. The number of amides is 1. The molecule has 1 amide bonds. The van der Waals surface area contributed by atoms with Crippen LogP contribution in [-0.2, 0) is 17.6 Å². The molecule has 0 spiro atoms. The van der Waals surface area contributed by atoms with Crippen molar-refractivity contribution in [3.8, 4) is 5.75 Å². The number of carbonyl (C=O) groups excluding carboxylic acids is 1. The lowest BCUT2D eigenvalue weighted by Gasteiger charge is -2.35. The molecule has 2 aromatic heterocycles. The molecule has 3 heterocycles. The third kappa shape index (κ3) is 4.58. The summed E-state index contributed by atoms with van der Waals surface area (Å²) in [6.45, 7) is 2.66. The van der Waals surface area contributed by atoms with E-state index in [4.69, 9.17) is 9.72 Å². The predicted octanol–water partition coefficient (Wildman–Crippen LogP) is 3.77. The zero-order chi connectivity index (χ0) is 25.2. The Balaban J connectivity index is 1.26. The topological polar surface area (TPSA) is 75.9 Å². The summed E-state index contributed by atoms with van der Waals surface area (Å²) in [5, 5.41) is 10.1. The van der Waals surface area contributed by atoms with Crippen LogP contribution in [0.15, 0.2) is 78.9 Å². The number of benzene rings is 3. The smallest absolute Gasteiger partial charge is 0.227 e. The maximum Gasteiger partial charge on any atom is 0.227 e. The molecule has 1 aliphatic heterocycles. The minimum Gasteiger partial charge on any atom is -0.497 e. The van der Waals surface area contributed by atoms with Crippen LogP contribution in [0.4, 0.5) is 5.95 Å². The Morgan fingerprint density at radius 2 is 1.57 bits per heavy atom. The SMILES string of the molecule is COc1ccc(CC(=O)N2CCN(c3nc4ccccc4c4nnc(Cc5ccccc5)n34)CC2)cc1. The number of methoxy groups -OCH3 is 1. The Morgan fingerprint density at radius 3 is 2.32 bits per heavy atom. The van der Waals surface area contributed by atoms with E-state index in [1.807, 2.05) is 71.6 Å². The van der Waals surface area contributed by atoms with Gasteiger partial charge in [0.1, 0.15) is 11.6 Å². The van der Waals surface area contributed by atoms with Crippen LogP contribution >= 0.6 is 0 Å². The van der Waals surface area contributed by atoms with Crippen molar-refractivity contribution in [3.63, 3.8) is 0 Å². The number of para-hydroxylation sites is 1. The first-order valence-electron chi connectivity index (χ1n) is 12.5. The number of rotatable bonds is 6. The van der Waals surface area contributed by atoms with Crippen molar-refractivity contribution >= 4 is 28.4 Å². The number of nitrogens with zero attached hydrogens (tertiary/aromatic N) is 6. The van der Waals surface area contributed by atoms with E-state index in [0.717, 1.165) is 39.6 Å². The monoisotopic (exact) mass is 492 g/mol. The van der Waals surface area contributed by atoms with E-state index in [-0.39, 0.29) is 5.91 Å². The van der Waals surface area contributed by atoms with E-state index in [1.165, 1.54) is 5.56 Å². The van der Waals surface area contributed by atoms with Gasteiger partial charge in [-0.2, -0.15) is 0 Å². The van der Waals surface area contributed by atoms with Gasteiger partial charge in [-0.3, -0.25) is 4.79 Å². The lowest BCUT2D eigenvalue weighted by atomic mass is 10.1. The first kappa shape index (κ1) is 23.0. The van der Waals surface area contributed by atoms with Gasteiger partial charge in [-0.15, -0.1) is 10.2 Å². The zero-order valence-electron chi connectivity index (χ0n) is 20.7. The highest BCUT2D eigenvalue weighted by molar-refractivity contribution is 5.92. The molecule has 1 aliphatic rings. The van der Waals surface area contributed by atoms with Crippen LogP contribution in [0.3, 0.4) is 0 Å². The standard InChI is InChI=1S/C29H28N6O2/c1-37-23-13-11-22(12-14-23)20-27(36)33-15-17-34(18-16-33)29-30-25-10-6-5-9-24(25)28-32-31-26(35(28)29)19-21-7-3-2-4-8-21/h2-14H,15-20H2,1H3. The molecule has 0 radical (unpaired) electrons. The van der Waals surface area contributed by atoms with Gasteiger partial charge in [0.25, 0.3) is 0 Å². The fraction of sp³-hybridized carbons (Fsp3) is 0.241. The third-order valence-electron chi connectivity index (χ3n) is 6.93. The van der Waals surface area contributed by atoms with Crippen LogP contribution in [-0.4, -0.2) is 63.7 Å². The molecule has 0 aliphatic carbocycles. The number of ether oxygens (including phenoxy) is 1. The van der Waals surface area contributed by atoms with Crippen LogP contribution in [0.1, 0.15) is 17.0 Å². The Bertz CT molecular complexity index is 1540. The Kier molecular flexibility index (Phi) is 6.14. The molecule has 8 heteroatoms. The second-order valence-corrected chi connectivity index (χ2v) is 9.26. The van der Waals surface area contributed by atoms with E-state index < -0.39 is 0 Å². The second kappa shape index (κ2) is 9.89. The quantitative estimate of drug-likeness (QED) is 0.359. The highest BCUT2D eigenvalue weighted by Crippen LogP contribution is 2.26. The van der Waals surface area contributed by atoms with Crippen molar-refractivity contribution in [2.24, 2.45) is 0 Å². The van der Waals surface area contributed by atoms with Crippen LogP contribution in [0.5, 0.6) is 5.75 Å². The summed E-state index contributed by atoms with van der Waals surface area (Å²) in [5.74, 6) is 2.61. The first-order chi connectivity index (χ1) is 18.2. The fourth-order valence-corrected chi connectivity index (χ4v) is 4.91. The largest absolute Gasteiger partial charge is 0.497 e. The highest BCUT2D eigenvalue weighted by Gasteiger charge is 2.25. The van der Waals surface area contributed by atoms with Gasteiger partial charge in [0.05, 0.1) is 19.0 Å². The number of hydrogen-bond donors (Lipinski definition) is 0. The number of anilines is 1. The fourth-order valence-electron chi connectivity index (χ4n) is 4.91. The summed E-state index contributed by atoms with van der Waals surface area (Å²) in [4.78, 5) is 22.2. The van der Waals surface area contributed by atoms with E-state index in [9.17, 15) is 4.79 Å². The average molecular weight is 493 g/mol. The van der Waals surface area contributed by atoms with Crippen molar-refractivity contribution < 1.29 is 9.53 Å². The molecule has 1 fully saturated rings. The first-order valence-corrected chi connectivity index (χ1v) is 12.5. The Hall–Kier alpha value is -4.46. The molecule has 0 unspecified atom stereocenters. The predicted molar refractivity (Wildman–Crippen MR) is 143 cm³/mol. The van der Waals surface area contributed by atoms with Gasteiger partial charge in [-0.1, -0.05) is 54.6 Å². The summed E-state index contributed by atoms with van der Waals surface area (Å²) in [6.07, 6.45) is 1.05. The van der Waals surface area contributed by atoms with Crippen molar-refractivity contribution in [3.05, 3.63) is 95.8 Å². The zero-order valence-corrected chi connectivity index (χ0v) is 20.7. The summed E-state index contributed by atoms with van der Waals surface area (Å²) in [6, 6.07) is 26.0. The van der Waals surface area contributed by atoms with Crippen LogP contribution in [0, 0.1) is 0 Å². The molecule has 1 saturated heterocycles. The van der Waals surface area contributed by atoms with Gasteiger partial charge in [-0.05, 0) is 35.4 Å². The third-order valence-corrected chi connectivity index (χ3v) is 6.93. The molecule has 0 N–H and O–H groups in total. The maximum atomic E-state index is 13.0. The van der Waals surface area contributed by atoms with Gasteiger partial charge < -0.3 is 14.5 Å². The molecule has 37 heavy (non-hydrogen) atoms. The minimum atomic E-state index is 0.135. The van der Waals surface area contributed by atoms with E-state index in [1.54, 1.807) is 7.11 Å². The highest BCUT2D eigenvalue weighted by atomic mass is 16.5. The maximum absolute atomic E-state index is 13.0. The van der Waals surface area contributed by atoms with Crippen molar-refractivity contribution in [1.82, 2.24) is 24.5 Å². The number of aromatic nitrogens is 4. The van der Waals surface area contributed by atoms with Gasteiger partial charge in [0.2, 0.25) is 11.9 Å². The Morgan fingerprint density at radius 1 is 0.838 bits per heavy atom. The number of fused-ring (bicyclic) bond motifs is 3. The average Bonchev–Trinajstić information content (AvgIpc) is 3.37. The van der Waals surface area contributed by atoms with Gasteiger partial charge in [0, 0.05) is 38.0 Å². The van der Waals surface area contributed by atoms with Crippen LogP contribution < -0.4 is 9.64 Å². The molecular formula is C29H28N6O2. The number of carbonyl (C=O) groups is 1. The van der Waals surface area contributed by atoms with E-state index in [0.29, 0.717) is 39.0 Å². The molecule has 186 valence electrons. The van der Waals surface area contributed by atoms with Gasteiger partial charge >= 0.3 is 0 Å². The van der Waals surface area contributed by atoms with Crippen molar-refractivity contribution in [1.29, 1.82) is 0 Å². The molecule has 0 atom stereocenters. The molecule has 6 rings (SSSR count). The number of hydrogen-bond acceptors (Lipinski definition) is 6. The van der Waals surface area contributed by atoms with Crippen LogP contribution in [0.25, 0.3) is 16.6 Å². The van der Waals surface area contributed by atoms with Crippen molar-refractivity contribution in [2.45, 2.75) is 12.8 Å². The lowest BCUT2D eigenvalue weighted by Crippen LogP contribution is -2.50. The minimum absolute atomic E-state index is 0.135. The molecule has 8 nitrogen and oxygen atoms in total. The Labute approximate surface area is 215 Å². The summed E-state index contributed by atoms with van der Waals surface area (Å²) in [7, 11) is 1.64. The second-order valence-electron chi connectivity index (χ2n) is 9.26. The van der Waals surface area contributed by atoms with Gasteiger partial charge in [-0.25, -0.2) is 9.38 Å². The summed E-state index contributed by atoms with van der Waals surface area (Å²) in [5.41, 5.74) is 3.86. The van der Waals surface area contributed by atoms with Gasteiger partial charge in [0.15, 0.2) is 5.65 Å². The van der Waals surface area contributed by atoms with Crippen LogP contribution in [0.2, 0.25) is 0 Å². The lowest BCUT2D eigenvalue weighted by molar-refractivity contribution is -0.130. The molecule has 0 bridgehead atoms. The summed E-state index contributed by atoms with van der Waals surface area (Å²) < 4.78 is 7.31. The van der Waals surface area contributed by atoms with E-state index in [2.05, 4.69) is 31.6 Å². The molecular weight excluding hydrogens is 464 g/mol. The molecule has 3 aromatic carbocycles. The normalized spacial score (nSPS) is 13.9. The van der Waals surface area contributed by atoms with Crippen molar-refractivity contribution in [2.75, 3.05) is 38.2 Å². The molecule has 5 aromatic rings.